The van der Waals surface area contributed by atoms with Crippen molar-refractivity contribution >= 4 is 18.5 Å². The summed E-state index contributed by atoms with van der Waals surface area (Å²) in [5.41, 5.74) is 0.723. The molecule has 1 saturated heterocycles. The minimum atomic E-state index is 0.0883. The molecular formula is C14H19NO2S. The van der Waals surface area contributed by atoms with Crippen LogP contribution in [-0.2, 0) is 4.74 Å². The molecule has 2 rings (SSSR count). The van der Waals surface area contributed by atoms with Crippen molar-refractivity contribution in [3.63, 3.8) is 0 Å². The van der Waals surface area contributed by atoms with Gasteiger partial charge in [0.2, 0.25) is 0 Å². The monoisotopic (exact) mass is 265 g/mol. The summed E-state index contributed by atoms with van der Waals surface area (Å²) in [6.45, 7) is 5.39. The highest BCUT2D eigenvalue weighted by atomic mass is 32.1. The number of hydrogen-bond acceptors (Lipinski definition) is 3. The number of rotatable bonds is 2. The van der Waals surface area contributed by atoms with Crippen molar-refractivity contribution in [1.29, 1.82) is 0 Å². The average molecular weight is 265 g/mol. The third-order valence-corrected chi connectivity index (χ3v) is 3.61. The highest BCUT2D eigenvalue weighted by molar-refractivity contribution is 7.80. The molecule has 2 atom stereocenters. The first kappa shape index (κ1) is 13.4. The maximum Gasteiger partial charge on any atom is 0.254 e. The Hall–Kier alpha value is -1.00. The Morgan fingerprint density at radius 3 is 2.72 bits per heavy atom. The summed E-state index contributed by atoms with van der Waals surface area (Å²) < 4.78 is 5.61. The molecule has 0 saturated carbocycles. The van der Waals surface area contributed by atoms with Crippen LogP contribution in [0.1, 0.15) is 30.6 Å². The van der Waals surface area contributed by atoms with Gasteiger partial charge in [0.25, 0.3) is 5.91 Å². The standard InChI is InChI=1S/C14H19NO2S/c1-3-12-9-17-10(2)8-15(12)14(16)11-4-6-13(18)7-5-11/h4-7,10,12,18H,3,8-9H2,1-2H3. The topological polar surface area (TPSA) is 29.5 Å². The van der Waals surface area contributed by atoms with Crippen molar-refractivity contribution < 1.29 is 9.53 Å². The summed E-state index contributed by atoms with van der Waals surface area (Å²) in [6, 6.07) is 7.54. The fourth-order valence-electron chi connectivity index (χ4n) is 2.20. The zero-order chi connectivity index (χ0) is 13.1. The summed E-state index contributed by atoms with van der Waals surface area (Å²) in [6.07, 6.45) is 1.03. The van der Waals surface area contributed by atoms with E-state index in [1.54, 1.807) is 0 Å². The van der Waals surface area contributed by atoms with Gasteiger partial charge in [-0.3, -0.25) is 4.79 Å². The first-order valence-electron chi connectivity index (χ1n) is 6.33. The second-order valence-corrected chi connectivity index (χ2v) is 5.23. The fourth-order valence-corrected chi connectivity index (χ4v) is 2.35. The van der Waals surface area contributed by atoms with Gasteiger partial charge in [-0.2, -0.15) is 0 Å². The average Bonchev–Trinajstić information content (AvgIpc) is 2.39. The van der Waals surface area contributed by atoms with Gasteiger partial charge in [0.05, 0.1) is 18.8 Å². The van der Waals surface area contributed by atoms with E-state index >= 15 is 0 Å². The van der Waals surface area contributed by atoms with Crippen LogP contribution < -0.4 is 0 Å². The van der Waals surface area contributed by atoms with Crippen molar-refractivity contribution in [1.82, 2.24) is 4.90 Å². The lowest BCUT2D eigenvalue weighted by molar-refractivity contribution is -0.0444. The second kappa shape index (κ2) is 5.76. The van der Waals surface area contributed by atoms with Gasteiger partial charge in [0.15, 0.2) is 0 Å². The molecule has 0 aliphatic carbocycles. The number of ether oxygens (including phenoxy) is 1. The lowest BCUT2D eigenvalue weighted by Gasteiger charge is -2.38. The SMILES string of the molecule is CCC1COC(C)CN1C(=O)c1ccc(S)cc1. The van der Waals surface area contributed by atoms with Crippen molar-refractivity contribution in [2.45, 2.75) is 37.3 Å². The van der Waals surface area contributed by atoms with E-state index in [0.717, 1.165) is 16.9 Å². The van der Waals surface area contributed by atoms with Gasteiger partial charge in [-0.25, -0.2) is 0 Å². The first-order valence-corrected chi connectivity index (χ1v) is 6.78. The minimum absolute atomic E-state index is 0.0883. The van der Waals surface area contributed by atoms with Crippen molar-refractivity contribution in [3.8, 4) is 0 Å². The number of morpholine rings is 1. The molecule has 0 N–H and O–H groups in total. The van der Waals surface area contributed by atoms with Crippen LogP contribution in [0.2, 0.25) is 0 Å². The Bertz CT molecular complexity index is 418. The van der Waals surface area contributed by atoms with Gasteiger partial charge in [0, 0.05) is 17.0 Å². The fraction of sp³-hybridized carbons (Fsp3) is 0.500. The van der Waals surface area contributed by atoms with Crippen molar-refractivity contribution in [2.24, 2.45) is 0 Å². The van der Waals surface area contributed by atoms with Crippen LogP contribution in [-0.4, -0.2) is 36.1 Å². The Labute approximate surface area is 114 Å². The summed E-state index contributed by atoms with van der Waals surface area (Å²) in [5.74, 6) is 0.0883. The molecule has 0 spiro atoms. The van der Waals surface area contributed by atoms with Gasteiger partial charge < -0.3 is 9.64 Å². The molecule has 18 heavy (non-hydrogen) atoms. The Balaban J connectivity index is 2.17. The molecule has 98 valence electrons. The van der Waals surface area contributed by atoms with E-state index in [1.807, 2.05) is 36.1 Å². The smallest absolute Gasteiger partial charge is 0.254 e. The number of carbonyl (C=O) groups is 1. The number of nitrogens with zero attached hydrogens (tertiary/aromatic N) is 1. The highest BCUT2D eigenvalue weighted by Gasteiger charge is 2.29. The summed E-state index contributed by atoms with van der Waals surface area (Å²) >= 11 is 4.23. The van der Waals surface area contributed by atoms with Gasteiger partial charge in [-0.05, 0) is 37.6 Å². The number of amides is 1. The number of thiol groups is 1. The summed E-state index contributed by atoms with van der Waals surface area (Å²) in [7, 11) is 0. The first-order chi connectivity index (χ1) is 8.61. The predicted molar refractivity (Wildman–Crippen MR) is 74.2 cm³/mol. The summed E-state index contributed by atoms with van der Waals surface area (Å²) in [5, 5.41) is 0. The maximum absolute atomic E-state index is 12.5. The second-order valence-electron chi connectivity index (χ2n) is 4.71. The largest absolute Gasteiger partial charge is 0.375 e. The predicted octanol–water partition coefficient (Wildman–Crippen LogP) is 2.61. The van der Waals surface area contributed by atoms with Gasteiger partial charge in [-0.15, -0.1) is 12.6 Å². The van der Waals surface area contributed by atoms with Gasteiger partial charge >= 0.3 is 0 Å². The lowest BCUT2D eigenvalue weighted by atomic mass is 10.1. The van der Waals surface area contributed by atoms with E-state index in [0.29, 0.717) is 13.2 Å². The minimum Gasteiger partial charge on any atom is -0.375 e. The van der Waals surface area contributed by atoms with E-state index in [9.17, 15) is 4.79 Å². The van der Waals surface area contributed by atoms with Crippen LogP contribution >= 0.6 is 12.6 Å². The molecule has 0 bridgehead atoms. The van der Waals surface area contributed by atoms with Crippen LogP contribution in [0.25, 0.3) is 0 Å². The van der Waals surface area contributed by atoms with E-state index in [-0.39, 0.29) is 18.1 Å². The van der Waals surface area contributed by atoms with Crippen LogP contribution in [0.3, 0.4) is 0 Å². The Morgan fingerprint density at radius 2 is 2.11 bits per heavy atom. The molecule has 1 fully saturated rings. The van der Waals surface area contributed by atoms with E-state index in [2.05, 4.69) is 19.6 Å². The number of benzene rings is 1. The zero-order valence-corrected chi connectivity index (χ0v) is 11.7. The quantitative estimate of drug-likeness (QED) is 0.833. The van der Waals surface area contributed by atoms with Crippen LogP contribution in [0.4, 0.5) is 0 Å². The molecule has 0 radical (unpaired) electrons. The van der Waals surface area contributed by atoms with E-state index in [4.69, 9.17) is 4.74 Å². The van der Waals surface area contributed by atoms with Crippen LogP contribution in [0.5, 0.6) is 0 Å². The molecular weight excluding hydrogens is 246 g/mol. The number of hydrogen-bond donors (Lipinski definition) is 1. The Morgan fingerprint density at radius 1 is 1.44 bits per heavy atom. The third-order valence-electron chi connectivity index (χ3n) is 3.31. The third kappa shape index (κ3) is 2.87. The Kier molecular flexibility index (Phi) is 4.30. The molecule has 4 heteroatoms. The molecule has 1 aromatic rings. The molecule has 3 nitrogen and oxygen atoms in total. The van der Waals surface area contributed by atoms with Crippen molar-refractivity contribution in [2.75, 3.05) is 13.2 Å². The maximum atomic E-state index is 12.5. The molecule has 1 aromatic carbocycles. The van der Waals surface area contributed by atoms with E-state index in [1.165, 1.54) is 0 Å². The van der Waals surface area contributed by atoms with E-state index < -0.39 is 0 Å². The molecule has 1 amide bonds. The van der Waals surface area contributed by atoms with Gasteiger partial charge in [-0.1, -0.05) is 6.92 Å². The van der Waals surface area contributed by atoms with Crippen LogP contribution in [0, 0.1) is 0 Å². The van der Waals surface area contributed by atoms with Gasteiger partial charge in [0.1, 0.15) is 0 Å². The molecule has 1 aliphatic rings. The highest BCUT2D eigenvalue weighted by Crippen LogP contribution is 2.18. The van der Waals surface area contributed by atoms with Crippen molar-refractivity contribution in [3.05, 3.63) is 29.8 Å². The molecule has 1 aliphatic heterocycles. The summed E-state index contributed by atoms with van der Waals surface area (Å²) in [4.78, 5) is 15.3. The van der Waals surface area contributed by atoms with Crippen LogP contribution in [0.15, 0.2) is 29.2 Å². The zero-order valence-electron chi connectivity index (χ0n) is 10.8. The number of carbonyl (C=O) groups excluding carboxylic acids is 1. The molecule has 0 aromatic heterocycles. The molecule has 2 unspecified atom stereocenters. The lowest BCUT2D eigenvalue weighted by Crippen LogP contribution is -2.51. The normalized spacial score (nSPS) is 24.1. The molecule has 1 heterocycles.